The van der Waals surface area contributed by atoms with E-state index in [0.29, 0.717) is 19.4 Å². The minimum absolute atomic E-state index is 0.0147. The molecule has 0 aromatic carbocycles. The summed E-state index contributed by atoms with van der Waals surface area (Å²) in [6.07, 6.45) is 83.9. The number of unbranched alkanes of at least 4 members (excludes halogenated alkanes) is 53. The Morgan fingerprint density at radius 1 is 0.351 bits per heavy atom. The first-order chi connectivity index (χ1) is 38.0. The Balaban J connectivity index is 3.43. The van der Waals surface area contributed by atoms with E-state index in [0.717, 1.165) is 44.9 Å². The van der Waals surface area contributed by atoms with E-state index in [4.69, 9.17) is 4.74 Å². The molecule has 0 saturated heterocycles. The molecule has 0 aromatic rings. The Hall–Kier alpha value is -1.66. The molecule has 6 heteroatoms. The van der Waals surface area contributed by atoms with E-state index in [2.05, 4.69) is 31.3 Å². The molecular formula is C71H137NO5. The summed E-state index contributed by atoms with van der Waals surface area (Å²) < 4.78 is 5.50. The summed E-state index contributed by atoms with van der Waals surface area (Å²) in [4.78, 5) is 24.6. The van der Waals surface area contributed by atoms with E-state index < -0.39 is 12.1 Å². The van der Waals surface area contributed by atoms with Gasteiger partial charge in [-0.1, -0.05) is 346 Å². The van der Waals surface area contributed by atoms with Crippen LogP contribution in [0.4, 0.5) is 0 Å². The molecule has 6 nitrogen and oxygen atoms in total. The zero-order valence-electron chi connectivity index (χ0n) is 52.2. The lowest BCUT2D eigenvalue weighted by atomic mass is 10.0. The van der Waals surface area contributed by atoms with Crippen LogP contribution in [0.3, 0.4) is 0 Å². The van der Waals surface area contributed by atoms with Crippen molar-refractivity contribution in [2.75, 3.05) is 13.2 Å². The third kappa shape index (κ3) is 63.4. The van der Waals surface area contributed by atoms with Crippen molar-refractivity contribution in [3.63, 3.8) is 0 Å². The molecule has 456 valence electrons. The van der Waals surface area contributed by atoms with Gasteiger partial charge in [-0.05, 0) is 57.8 Å². The van der Waals surface area contributed by atoms with Crippen molar-refractivity contribution in [2.45, 2.75) is 405 Å². The quantitative estimate of drug-likeness (QED) is 0.0320. The molecule has 0 bridgehead atoms. The lowest BCUT2D eigenvalue weighted by molar-refractivity contribution is -0.143. The first kappa shape index (κ1) is 75.3. The van der Waals surface area contributed by atoms with E-state index >= 15 is 0 Å². The number of ether oxygens (including phenoxy) is 1. The summed E-state index contributed by atoms with van der Waals surface area (Å²) in [5.41, 5.74) is 0. The molecule has 3 N–H and O–H groups in total. The standard InChI is InChI=1S/C71H137NO5/c1-3-5-7-9-11-13-15-17-19-20-21-22-26-29-32-36-39-43-47-51-55-59-63-69(74)68(67-73)72-70(75)64-60-56-52-48-44-40-37-33-30-27-24-23-25-28-31-34-38-42-46-50-54-58-62-66-77-71(76)65-61-57-53-49-45-41-35-18-16-14-12-10-8-6-4-2/h27,30,59,63,68-69,73-74H,3-26,28-29,31-58,60-62,64-67H2,1-2H3,(H,72,75)/b30-27-,63-59+. The van der Waals surface area contributed by atoms with Crippen LogP contribution < -0.4 is 5.32 Å². The summed E-state index contributed by atoms with van der Waals surface area (Å²) in [6.45, 7) is 4.94. The highest BCUT2D eigenvalue weighted by Gasteiger charge is 2.18. The number of carbonyl (C=O) groups excluding carboxylic acids is 2. The van der Waals surface area contributed by atoms with E-state index in [1.807, 2.05) is 6.08 Å². The zero-order valence-corrected chi connectivity index (χ0v) is 52.2. The van der Waals surface area contributed by atoms with E-state index in [1.165, 1.54) is 321 Å². The third-order valence-electron chi connectivity index (χ3n) is 16.5. The Morgan fingerprint density at radius 3 is 0.922 bits per heavy atom. The predicted molar refractivity (Wildman–Crippen MR) is 338 cm³/mol. The van der Waals surface area contributed by atoms with Crippen LogP contribution in [0.5, 0.6) is 0 Å². The summed E-state index contributed by atoms with van der Waals surface area (Å²) in [7, 11) is 0. The number of aliphatic hydroxyl groups is 2. The second-order valence-corrected chi connectivity index (χ2v) is 24.2. The molecule has 0 spiro atoms. The maximum atomic E-state index is 12.5. The highest BCUT2D eigenvalue weighted by molar-refractivity contribution is 5.76. The highest BCUT2D eigenvalue weighted by atomic mass is 16.5. The minimum atomic E-state index is -0.849. The number of allylic oxidation sites excluding steroid dienone is 3. The first-order valence-electron chi connectivity index (χ1n) is 35.1. The van der Waals surface area contributed by atoms with Crippen molar-refractivity contribution in [1.29, 1.82) is 0 Å². The average molecular weight is 1080 g/mol. The van der Waals surface area contributed by atoms with Crippen molar-refractivity contribution in [3.8, 4) is 0 Å². The summed E-state index contributed by atoms with van der Waals surface area (Å²) >= 11 is 0. The SMILES string of the molecule is CCCCCCCCCCCCCCCCCCCCCC/C=C/C(O)C(CO)NC(=O)CCCCCCCCC/C=C\CCCCCCCCCCCCCCOC(=O)CCCCCCCCCCCCCCCCC. The fraction of sp³-hybridized carbons (Fsp3) is 0.915. The number of hydrogen-bond donors (Lipinski definition) is 3. The maximum absolute atomic E-state index is 12.5. The monoisotopic (exact) mass is 1080 g/mol. The molecule has 2 atom stereocenters. The van der Waals surface area contributed by atoms with Gasteiger partial charge in [0, 0.05) is 12.8 Å². The van der Waals surface area contributed by atoms with Gasteiger partial charge in [0.25, 0.3) is 0 Å². The molecule has 0 aliphatic carbocycles. The summed E-state index contributed by atoms with van der Waals surface area (Å²) in [5, 5.41) is 23.2. The first-order valence-corrected chi connectivity index (χ1v) is 35.1. The van der Waals surface area contributed by atoms with Crippen LogP contribution in [0.15, 0.2) is 24.3 Å². The smallest absolute Gasteiger partial charge is 0.305 e. The average Bonchev–Trinajstić information content (AvgIpc) is 3.43. The van der Waals surface area contributed by atoms with Gasteiger partial charge < -0.3 is 20.3 Å². The Bertz CT molecular complexity index is 1200. The van der Waals surface area contributed by atoms with Crippen molar-refractivity contribution in [2.24, 2.45) is 0 Å². The van der Waals surface area contributed by atoms with E-state index in [9.17, 15) is 19.8 Å². The molecule has 0 fully saturated rings. The van der Waals surface area contributed by atoms with Gasteiger partial charge in [0.2, 0.25) is 5.91 Å². The third-order valence-corrected chi connectivity index (χ3v) is 16.5. The highest BCUT2D eigenvalue weighted by Crippen LogP contribution is 2.19. The molecule has 0 aliphatic heterocycles. The Morgan fingerprint density at radius 2 is 0.610 bits per heavy atom. The van der Waals surface area contributed by atoms with Gasteiger partial charge in [0.1, 0.15) is 0 Å². The summed E-state index contributed by atoms with van der Waals surface area (Å²) in [6, 6.07) is -0.633. The molecule has 0 radical (unpaired) electrons. The maximum Gasteiger partial charge on any atom is 0.305 e. The van der Waals surface area contributed by atoms with Crippen LogP contribution in [0.2, 0.25) is 0 Å². The van der Waals surface area contributed by atoms with Crippen LogP contribution in [-0.2, 0) is 14.3 Å². The number of rotatable bonds is 66. The van der Waals surface area contributed by atoms with Crippen molar-refractivity contribution in [1.82, 2.24) is 5.32 Å². The van der Waals surface area contributed by atoms with Crippen LogP contribution >= 0.6 is 0 Å². The molecule has 0 saturated carbocycles. The molecule has 0 aromatic heterocycles. The number of amides is 1. The predicted octanol–water partition coefficient (Wildman–Crippen LogP) is 22.5. The van der Waals surface area contributed by atoms with E-state index in [1.54, 1.807) is 6.08 Å². The second-order valence-electron chi connectivity index (χ2n) is 24.2. The topological polar surface area (TPSA) is 95.9 Å². The second kappa shape index (κ2) is 66.8. The minimum Gasteiger partial charge on any atom is -0.466 e. The van der Waals surface area contributed by atoms with Crippen LogP contribution in [0.25, 0.3) is 0 Å². The van der Waals surface area contributed by atoms with Crippen molar-refractivity contribution < 1.29 is 24.5 Å². The van der Waals surface area contributed by atoms with Gasteiger partial charge >= 0.3 is 5.97 Å². The molecule has 0 heterocycles. The fourth-order valence-electron chi connectivity index (χ4n) is 11.1. The number of esters is 1. The van der Waals surface area contributed by atoms with Gasteiger partial charge in [0.15, 0.2) is 0 Å². The molecular weight excluding hydrogens is 947 g/mol. The number of carbonyl (C=O) groups is 2. The zero-order chi connectivity index (χ0) is 55.7. The Kier molecular flexibility index (Phi) is 65.4. The van der Waals surface area contributed by atoms with E-state index in [-0.39, 0.29) is 18.5 Å². The van der Waals surface area contributed by atoms with Crippen molar-refractivity contribution >= 4 is 11.9 Å². The normalized spacial score (nSPS) is 12.6. The molecule has 2 unspecified atom stereocenters. The Labute approximate surface area is 481 Å². The van der Waals surface area contributed by atoms with Gasteiger partial charge in [-0.3, -0.25) is 9.59 Å². The number of nitrogens with one attached hydrogen (secondary N) is 1. The molecule has 1 amide bonds. The molecule has 77 heavy (non-hydrogen) atoms. The van der Waals surface area contributed by atoms with Gasteiger partial charge in [-0.2, -0.15) is 0 Å². The molecule has 0 rings (SSSR count). The van der Waals surface area contributed by atoms with Crippen molar-refractivity contribution in [3.05, 3.63) is 24.3 Å². The largest absolute Gasteiger partial charge is 0.466 e. The van der Waals surface area contributed by atoms with Gasteiger partial charge in [0.05, 0.1) is 25.4 Å². The number of hydrogen-bond acceptors (Lipinski definition) is 5. The fourth-order valence-corrected chi connectivity index (χ4v) is 11.1. The van der Waals surface area contributed by atoms with Gasteiger partial charge in [-0.15, -0.1) is 0 Å². The van der Waals surface area contributed by atoms with Crippen LogP contribution in [0.1, 0.15) is 393 Å². The number of aliphatic hydroxyl groups excluding tert-OH is 2. The summed E-state index contributed by atoms with van der Waals surface area (Å²) in [5.74, 6) is -0.0555. The van der Waals surface area contributed by atoms with Crippen LogP contribution in [0, 0.1) is 0 Å². The lowest BCUT2D eigenvalue weighted by Crippen LogP contribution is -2.45. The van der Waals surface area contributed by atoms with Crippen LogP contribution in [-0.4, -0.2) is 47.4 Å². The van der Waals surface area contributed by atoms with Gasteiger partial charge in [-0.25, -0.2) is 0 Å². The lowest BCUT2D eigenvalue weighted by Gasteiger charge is -2.20. The molecule has 0 aliphatic rings.